The highest BCUT2D eigenvalue weighted by Gasteiger charge is 2.42. The van der Waals surface area contributed by atoms with E-state index in [2.05, 4.69) is 15.2 Å². The van der Waals surface area contributed by atoms with Gasteiger partial charge in [-0.15, -0.1) is 0 Å². The molecule has 6 heteroatoms. The van der Waals surface area contributed by atoms with Crippen LogP contribution < -0.4 is 10.2 Å². The first kappa shape index (κ1) is 14.6. The van der Waals surface area contributed by atoms with E-state index in [1.54, 1.807) is 6.20 Å². The molecule has 1 saturated carbocycles. The summed E-state index contributed by atoms with van der Waals surface area (Å²) in [6, 6.07) is 3.66. The summed E-state index contributed by atoms with van der Waals surface area (Å²) in [7, 11) is 0. The Labute approximate surface area is 129 Å². The Bertz CT molecular complexity index is 522. The Morgan fingerprint density at radius 2 is 2.10 bits per heavy atom. The van der Waals surface area contributed by atoms with E-state index in [1.165, 1.54) is 6.92 Å². The second-order valence-electron chi connectivity index (χ2n) is 6.11. The number of rotatable bonds is 2. The fraction of sp³-hybridized carbons (Fsp3) is 0.600. The van der Waals surface area contributed by atoms with Crippen molar-refractivity contribution < 1.29 is 9.90 Å². The zero-order valence-corrected chi connectivity index (χ0v) is 12.8. The maximum atomic E-state index is 11.2. The number of hydrogen-bond donors (Lipinski definition) is 2. The van der Waals surface area contributed by atoms with Gasteiger partial charge in [-0.2, -0.15) is 0 Å². The van der Waals surface area contributed by atoms with Gasteiger partial charge in [0.05, 0.1) is 17.2 Å². The van der Waals surface area contributed by atoms with Crippen LogP contribution in [0.3, 0.4) is 0 Å². The Hall–Kier alpha value is -1.33. The molecule has 2 heterocycles. The highest BCUT2D eigenvalue weighted by Crippen LogP contribution is 2.38. The van der Waals surface area contributed by atoms with Crippen LogP contribution in [0.4, 0.5) is 5.82 Å². The van der Waals surface area contributed by atoms with Gasteiger partial charge in [-0.3, -0.25) is 4.79 Å². The van der Waals surface area contributed by atoms with Gasteiger partial charge in [0, 0.05) is 26.2 Å². The topological polar surface area (TPSA) is 65.5 Å². The molecule has 1 aromatic heterocycles. The molecule has 1 amide bonds. The summed E-state index contributed by atoms with van der Waals surface area (Å²) >= 11 is 5.87. The summed E-state index contributed by atoms with van der Waals surface area (Å²) < 4.78 is 0. The van der Waals surface area contributed by atoms with Crippen molar-refractivity contribution in [3.63, 3.8) is 0 Å². The number of fused-ring (bicyclic) bond motifs is 1. The summed E-state index contributed by atoms with van der Waals surface area (Å²) in [6.45, 7) is 3.32. The molecule has 5 nitrogen and oxygen atoms in total. The molecule has 21 heavy (non-hydrogen) atoms. The lowest BCUT2D eigenvalue weighted by Crippen LogP contribution is -2.48. The highest BCUT2D eigenvalue weighted by molar-refractivity contribution is 6.30. The number of carbonyl (C=O) groups is 1. The van der Waals surface area contributed by atoms with E-state index >= 15 is 0 Å². The number of carbonyl (C=O) groups excluding carboxylic acids is 1. The second-order valence-corrected chi connectivity index (χ2v) is 6.54. The van der Waals surface area contributed by atoms with E-state index in [0.717, 1.165) is 31.7 Å². The van der Waals surface area contributed by atoms with Crippen LogP contribution in [0.5, 0.6) is 0 Å². The monoisotopic (exact) mass is 309 g/mol. The summed E-state index contributed by atoms with van der Waals surface area (Å²) in [5, 5.41) is 13.7. The van der Waals surface area contributed by atoms with Gasteiger partial charge < -0.3 is 15.3 Å². The molecule has 0 aromatic carbocycles. The maximum absolute atomic E-state index is 11.2. The van der Waals surface area contributed by atoms with Crippen molar-refractivity contribution in [1.82, 2.24) is 10.3 Å². The molecule has 0 unspecified atom stereocenters. The third-order valence-electron chi connectivity index (χ3n) is 4.57. The van der Waals surface area contributed by atoms with Crippen molar-refractivity contribution >= 4 is 23.3 Å². The lowest BCUT2D eigenvalue weighted by atomic mass is 9.77. The van der Waals surface area contributed by atoms with E-state index in [-0.39, 0.29) is 11.9 Å². The van der Waals surface area contributed by atoms with Crippen LogP contribution in [0.1, 0.15) is 19.8 Å². The molecule has 4 atom stereocenters. The van der Waals surface area contributed by atoms with Crippen LogP contribution in [0, 0.1) is 11.8 Å². The first-order chi connectivity index (χ1) is 10.0. The molecule has 114 valence electrons. The normalized spacial score (nSPS) is 31.9. The van der Waals surface area contributed by atoms with Crippen molar-refractivity contribution in [2.75, 3.05) is 18.0 Å². The van der Waals surface area contributed by atoms with E-state index in [9.17, 15) is 9.90 Å². The molecular formula is C15H20ClN3O2. The van der Waals surface area contributed by atoms with Gasteiger partial charge in [0.25, 0.3) is 0 Å². The standard InChI is InChI=1S/C15H20ClN3O2/c1-9(20)18-13-4-10-7-19(8-11(10)5-14(13)21)15-3-2-12(16)6-17-15/h2-3,6,10-11,13-14,21H,4-5,7-8H2,1H3,(H,18,20)/t10-,11+,13-,14-/m1/s1. The summed E-state index contributed by atoms with van der Waals surface area (Å²) in [5.74, 6) is 1.80. The molecule has 2 fully saturated rings. The van der Waals surface area contributed by atoms with Crippen LogP contribution in [-0.4, -0.2) is 41.2 Å². The number of aliphatic hydroxyl groups excluding tert-OH is 1. The molecule has 2 aliphatic rings. The second kappa shape index (κ2) is 5.81. The average Bonchev–Trinajstić information content (AvgIpc) is 2.82. The van der Waals surface area contributed by atoms with Crippen molar-refractivity contribution in [3.8, 4) is 0 Å². The van der Waals surface area contributed by atoms with Crippen LogP contribution in [0.2, 0.25) is 5.02 Å². The molecule has 0 spiro atoms. The minimum absolute atomic E-state index is 0.0771. The van der Waals surface area contributed by atoms with Crippen molar-refractivity contribution in [3.05, 3.63) is 23.4 Å². The summed E-state index contributed by atoms with van der Waals surface area (Å²) in [6.07, 6.45) is 2.77. The third kappa shape index (κ3) is 3.14. The van der Waals surface area contributed by atoms with Crippen LogP contribution in [0.15, 0.2) is 18.3 Å². The fourth-order valence-corrected chi connectivity index (χ4v) is 3.70. The molecule has 1 aliphatic heterocycles. The number of pyridine rings is 1. The Morgan fingerprint density at radius 3 is 2.71 bits per heavy atom. The SMILES string of the molecule is CC(=O)N[C@@H]1C[C@@H]2CN(c3ccc(Cl)cn3)C[C@@H]2C[C@H]1O. The Kier molecular flexibility index (Phi) is 4.04. The Balaban J connectivity index is 1.68. The van der Waals surface area contributed by atoms with Crippen LogP contribution >= 0.6 is 11.6 Å². The number of anilines is 1. The van der Waals surface area contributed by atoms with Crippen molar-refractivity contribution in [2.45, 2.75) is 31.9 Å². The summed E-state index contributed by atoms with van der Waals surface area (Å²) in [5.41, 5.74) is 0. The fourth-order valence-electron chi connectivity index (χ4n) is 3.59. The Morgan fingerprint density at radius 1 is 1.38 bits per heavy atom. The molecular weight excluding hydrogens is 290 g/mol. The van der Waals surface area contributed by atoms with E-state index in [4.69, 9.17) is 11.6 Å². The lowest BCUT2D eigenvalue weighted by Gasteiger charge is -2.35. The molecule has 0 bridgehead atoms. The quantitative estimate of drug-likeness (QED) is 0.868. The number of hydrogen-bond acceptors (Lipinski definition) is 4. The minimum Gasteiger partial charge on any atom is -0.391 e. The van der Waals surface area contributed by atoms with Gasteiger partial charge in [-0.1, -0.05) is 11.6 Å². The van der Waals surface area contributed by atoms with E-state index < -0.39 is 6.10 Å². The number of halogens is 1. The largest absolute Gasteiger partial charge is 0.391 e. The first-order valence-electron chi connectivity index (χ1n) is 7.34. The molecule has 1 saturated heterocycles. The minimum atomic E-state index is -0.451. The average molecular weight is 310 g/mol. The lowest BCUT2D eigenvalue weighted by molar-refractivity contribution is -0.121. The van der Waals surface area contributed by atoms with Crippen molar-refractivity contribution in [1.29, 1.82) is 0 Å². The number of aromatic nitrogens is 1. The van der Waals surface area contributed by atoms with E-state index in [1.807, 2.05) is 12.1 Å². The smallest absolute Gasteiger partial charge is 0.217 e. The molecule has 0 radical (unpaired) electrons. The number of aliphatic hydroxyl groups is 1. The van der Waals surface area contributed by atoms with Gasteiger partial charge in [-0.05, 0) is 36.8 Å². The zero-order chi connectivity index (χ0) is 15.0. The first-order valence-corrected chi connectivity index (χ1v) is 7.72. The van der Waals surface area contributed by atoms with Gasteiger partial charge in [0.1, 0.15) is 5.82 Å². The molecule has 3 rings (SSSR count). The number of nitrogens with one attached hydrogen (secondary N) is 1. The molecule has 1 aromatic rings. The van der Waals surface area contributed by atoms with Crippen LogP contribution in [-0.2, 0) is 4.79 Å². The van der Waals surface area contributed by atoms with Crippen molar-refractivity contribution in [2.24, 2.45) is 11.8 Å². The highest BCUT2D eigenvalue weighted by atomic mass is 35.5. The van der Waals surface area contributed by atoms with Gasteiger partial charge in [0.2, 0.25) is 5.91 Å². The van der Waals surface area contributed by atoms with Gasteiger partial charge in [-0.25, -0.2) is 4.98 Å². The molecule has 1 aliphatic carbocycles. The summed E-state index contributed by atoms with van der Waals surface area (Å²) in [4.78, 5) is 17.8. The van der Waals surface area contributed by atoms with E-state index in [0.29, 0.717) is 16.9 Å². The van der Waals surface area contributed by atoms with Gasteiger partial charge in [0.15, 0.2) is 0 Å². The third-order valence-corrected chi connectivity index (χ3v) is 4.79. The maximum Gasteiger partial charge on any atom is 0.217 e. The molecule has 2 N–H and O–H groups in total. The van der Waals surface area contributed by atoms with Gasteiger partial charge >= 0.3 is 0 Å². The van der Waals surface area contributed by atoms with Crippen LogP contribution in [0.25, 0.3) is 0 Å². The number of nitrogens with zero attached hydrogens (tertiary/aromatic N) is 2. The number of amides is 1. The predicted molar refractivity (Wildman–Crippen MR) is 81.3 cm³/mol. The predicted octanol–water partition coefficient (Wildman–Crippen LogP) is 1.45. The zero-order valence-electron chi connectivity index (χ0n) is 12.0.